The van der Waals surface area contributed by atoms with Crippen molar-refractivity contribution in [2.45, 2.75) is 31.6 Å². The summed E-state index contributed by atoms with van der Waals surface area (Å²) in [5.41, 5.74) is 1.33. The Bertz CT molecular complexity index is 990. The van der Waals surface area contributed by atoms with Crippen molar-refractivity contribution < 1.29 is 18.0 Å². The Morgan fingerprint density at radius 1 is 1.10 bits per heavy atom. The molecule has 1 aromatic carbocycles. The molecular formula is C19H23N5O4S. The molecule has 1 unspecified atom stereocenters. The first-order chi connectivity index (χ1) is 13.7. The molecule has 0 aliphatic carbocycles. The van der Waals surface area contributed by atoms with Crippen LogP contribution in [-0.2, 0) is 19.6 Å². The van der Waals surface area contributed by atoms with Crippen LogP contribution in [0.15, 0.2) is 41.3 Å². The summed E-state index contributed by atoms with van der Waals surface area (Å²) < 4.78 is 25.9. The Balaban J connectivity index is 1.63. The molecule has 2 aromatic rings. The van der Waals surface area contributed by atoms with Gasteiger partial charge < -0.3 is 10.2 Å². The average Bonchev–Trinajstić information content (AvgIpc) is 2.68. The number of amides is 2. The minimum absolute atomic E-state index is 0.0486. The second kappa shape index (κ2) is 8.56. The van der Waals surface area contributed by atoms with Crippen molar-refractivity contribution in [2.24, 2.45) is 5.92 Å². The van der Waals surface area contributed by atoms with Gasteiger partial charge in [-0.25, -0.2) is 13.1 Å². The standard InChI is InChI=1S/C19H23N5O4S/c1-13-5-10-18(22-21-13)24-11-3-4-15(12-24)19(26)20-16-6-8-17(9-7-16)29(27,28)23-14(2)25/h5-10,15H,3-4,11-12H2,1-2H3,(H,20,26)(H,23,25). The molecule has 154 valence electrons. The van der Waals surface area contributed by atoms with Crippen molar-refractivity contribution in [3.05, 3.63) is 42.1 Å². The molecule has 0 bridgehead atoms. The van der Waals surface area contributed by atoms with Crippen LogP contribution >= 0.6 is 0 Å². The minimum Gasteiger partial charge on any atom is -0.354 e. The van der Waals surface area contributed by atoms with Crippen molar-refractivity contribution >= 4 is 33.3 Å². The first kappa shape index (κ1) is 20.7. The lowest BCUT2D eigenvalue weighted by Crippen LogP contribution is -2.41. The number of aromatic nitrogens is 2. The lowest BCUT2D eigenvalue weighted by molar-refractivity contribution is -0.120. The number of aryl methyl sites for hydroxylation is 1. The number of piperidine rings is 1. The zero-order valence-corrected chi connectivity index (χ0v) is 17.1. The van der Waals surface area contributed by atoms with E-state index in [1.54, 1.807) is 0 Å². The highest BCUT2D eigenvalue weighted by molar-refractivity contribution is 7.90. The van der Waals surface area contributed by atoms with Crippen LogP contribution in [0.4, 0.5) is 11.5 Å². The van der Waals surface area contributed by atoms with Gasteiger partial charge >= 0.3 is 0 Å². The van der Waals surface area contributed by atoms with Crippen molar-refractivity contribution in [1.29, 1.82) is 0 Å². The van der Waals surface area contributed by atoms with Crippen LogP contribution < -0.4 is 14.9 Å². The highest BCUT2D eigenvalue weighted by atomic mass is 32.2. The highest BCUT2D eigenvalue weighted by Gasteiger charge is 2.27. The average molecular weight is 417 g/mol. The molecule has 0 radical (unpaired) electrons. The number of nitrogens with zero attached hydrogens (tertiary/aromatic N) is 3. The molecule has 3 rings (SSSR count). The van der Waals surface area contributed by atoms with E-state index in [0.29, 0.717) is 12.2 Å². The molecule has 1 aliphatic heterocycles. The predicted molar refractivity (Wildman–Crippen MR) is 108 cm³/mol. The van der Waals surface area contributed by atoms with E-state index in [1.807, 2.05) is 28.7 Å². The first-order valence-corrected chi connectivity index (χ1v) is 10.7. The number of benzene rings is 1. The molecule has 0 saturated carbocycles. The molecular weight excluding hydrogens is 394 g/mol. The topological polar surface area (TPSA) is 121 Å². The van der Waals surface area contributed by atoms with Gasteiger partial charge in [-0.2, -0.15) is 5.10 Å². The molecule has 1 aliphatic rings. The van der Waals surface area contributed by atoms with Gasteiger partial charge in [-0.1, -0.05) is 0 Å². The Morgan fingerprint density at radius 2 is 1.83 bits per heavy atom. The van der Waals surface area contributed by atoms with Crippen LogP contribution in [0.5, 0.6) is 0 Å². The van der Waals surface area contributed by atoms with Gasteiger partial charge in [0.05, 0.1) is 16.5 Å². The van der Waals surface area contributed by atoms with E-state index in [9.17, 15) is 18.0 Å². The van der Waals surface area contributed by atoms with Crippen LogP contribution in [-0.4, -0.2) is 43.5 Å². The molecule has 2 heterocycles. The third kappa shape index (κ3) is 5.29. The minimum atomic E-state index is -3.90. The van der Waals surface area contributed by atoms with Gasteiger partial charge in [0.1, 0.15) is 0 Å². The summed E-state index contributed by atoms with van der Waals surface area (Å²) in [5, 5.41) is 11.1. The van der Waals surface area contributed by atoms with Crippen molar-refractivity contribution in [3.63, 3.8) is 0 Å². The third-order valence-electron chi connectivity index (χ3n) is 4.61. The van der Waals surface area contributed by atoms with Crippen molar-refractivity contribution in [1.82, 2.24) is 14.9 Å². The lowest BCUT2D eigenvalue weighted by atomic mass is 9.97. The van der Waals surface area contributed by atoms with E-state index < -0.39 is 15.9 Å². The number of carbonyl (C=O) groups is 2. The fraction of sp³-hybridized carbons (Fsp3) is 0.368. The summed E-state index contributed by atoms with van der Waals surface area (Å²) in [4.78, 5) is 25.7. The molecule has 1 atom stereocenters. The summed E-state index contributed by atoms with van der Waals surface area (Å²) in [7, 11) is -3.90. The molecule has 10 heteroatoms. The van der Waals surface area contributed by atoms with Gasteiger partial charge in [0, 0.05) is 25.7 Å². The summed E-state index contributed by atoms with van der Waals surface area (Å²) in [5.74, 6) is -0.259. The second-order valence-corrected chi connectivity index (χ2v) is 8.68. The molecule has 29 heavy (non-hydrogen) atoms. The van der Waals surface area contributed by atoms with E-state index in [-0.39, 0.29) is 16.7 Å². The number of sulfonamides is 1. The van der Waals surface area contributed by atoms with Gasteiger partial charge in [-0.3, -0.25) is 9.59 Å². The van der Waals surface area contributed by atoms with Crippen molar-refractivity contribution in [2.75, 3.05) is 23.3 Å². The van der Waals surface area contributed by atoms with Crippen LogP contribution in [0.1, 0.15) is 25.5 Å². The zero-order chi connectivity index (χ0) is 21.0. The smallest absolute Gasteiger partial charge is 0.264 e. The maximum Gasteiger partial charge on any atom is 0.264 e. The molecule has 1 aromatic heterocycles. The molecule has 0 spiro atoms. The maximum atomic E-state index is 12.7. The monoisotopic (exact) mass is 417 g/mol. The fourth-order valence-corrected chi connectivity index (χ4v) is 4.16. The van der Waals surface area contributed by atoms with Gasteiger partial charge in [0.2, 0.25) is 11.8 Å². The van der Waals surface area contributed by atoms with Gasteiger partial charge in [0.15, 0.2) is 5.82 Å². The molecule has 1 saturated heterocycles. The quantitative estimate of drug-likeness (QED) is 0.755. The number of hydrogen-bond acceptors (Lipinski definition) is 7. The van der Waals surface area contributed by atoms with Crippen LogP contribution in [0.25, 0.3) is 0 Å². The molecule has 2 N–H and O–H groups in total. The summed E-state index contributed by atoms with van der Waals surface area (Å²) in [6.07, 6.45) is 1.62. The van der Waals surface area contributed by atoms with Crippen LogP contribution in [0, 0.1) is 12.8 Å². The normalized spacial score (nSPS) is 16.9. The Labute approximate surface area is 169 Å². The van der Waals surface area contributed by atoms with Gasteiger partial charge in [-0.15, -0.1) is 5.10 Å². The first-order valence-electron chi connectivity index (χ1n) is 9.24. The third-order valence-corrected chi connectivity index (χ3v) is 6.06. The molecule has 2 amide bonds. The summed E-state index contributed by atoms with van der Waals surface area (Å²) >= 11 is 0. The number of carbonyl (C=O) groups excluding carboxylic acids is 2. The number of nitrogens with one attached hydrogen (secondary N) is 2. The van der Waals surface area contributed by atoms with E-state index in [1.165, 1.54) is 24.3 Å². The number of anilines is 2. The summed E-state index contributed by atoms with van der Waals surface area (Å²) in [6.45, 7) is 4.35. The Kier molecular flexibility index (Phi) is 6.12. The Hall–Kier alpha value is -3.01. The fourth-order valence-electron chi connectivity index (χ4n) is 3.17. The zero-order valence-electron chi connectivity index (χ0n) is 16.3. The van der Waals surface area contributed by atoms with Crippen LogP contribution in [0.3, 0.4) is 0 Å². The second-order valence-electron chi connectivity index (χ2n) is 6.99. The predicted octanol–water partition coefficient (Wildman–Crippen LogP) is 1.46. The summed E-state index contributed by atoms with van der Waals surface area (Å²) in [6, 6.07) is 9.47. The lowest BCUT2D eigenvalue weighted by Gasteiger charge is -2.32. The van der Waals surface area contributed by atoms with Crippen LogP contribution in [0.2, 0.25) is 0 Å². The van der Waals surface area contributed by atoms with Gasteiger partial charge in [0.25, 0.3) is 10.0 Å². The number of rotatable bonds is 5. The SMILES string of the molecule is CC(=O)NS(=O)(=O)c1ccc(NC(=O)C2CCCN(c3ccc(C)nn3)C2)cc1. The molecule has 9 nitrogen and oxygen atoms in total. The maximum absolute atomic E-state index is 12.7. The number of hydrogen-bond donors (Lipinski definition) is 2. The van der Waals surface area contributed by atoms with Crippen molar-refractivity contribution in [3.8, 4) is 0 Å². The van der Waals surface area contributed by atoms with E-state index in [0.717, 1.165) is 37.8 Å². The van der Waals surface area contributed by atoms with E-state index in [2.05, 4.69) is 15.5 Å². The van der Waals surface area contributed by atoms with E-state index in [4.69, 9.17) is 0 Å². The molecule has 1 fully saturated rings. The highest BCUT2D eigenvalue weighted by Crippen LogP contribution is 2.23. The van der Waals surface area contributed by atoms with E-state index >= 15 is 0 Å². The van der Waals surface area contributed by atoms with Gasteiger partial charge in [-0.05, 0) is 56.2 Å². The largest absolute Gasteiger partial charge is 0.354 e. The Morgan fingerprint density at radius 3 is 2.45 bits per heavy atom.